The highest BCUT2D eigenvalue weighted by molar-refractivity contribution is 5.76. The number of hydrogen-bond donors (Lipinski definition) is 1. The average Bonchev–Trinajstić information content (AvgIpc) is 2.64. The van der Waals surface area contributed by atoms with Crippen LogP contribution in [-0.4, -0.2) is 17.7 Å². The molecule has 1 aromatic carbocycles. The standard InChI is InChI=1S/C11H11FO3/c1-6(11(13)14)10-7-4-5-15-9(7)3-2-8(10)12/h2-3,6H,4-5H2,1H3,(H,13,14). The van der Waals surface area contributed by atoms with E-state index in [1.807, 2.05) is 0 Å². The van der Waals surface area contributed by atoms with Crippen LogP contribution in [0.15, 0.2) is 12.1 Å². The van der Waals surface area contributed by atoms with Crippen molar-refractivity contribution in [1.29, 1.82) is 0 Å². The first kappa shape index (κ1) is 9.96. The summed E-state index contributed by atoms with van der Waals surface area (Å²) >= 11 is 0. The summed E-state index contributed by atoms with van der Waals surface area (Å²) in [7, 11) is 0. The summed E-state index contributed by atoms with van der Waals surface area (Å²) in [5, 5.41) is 8.88. The zero-order valence-electron chi connectivity index (χ0n) is 8.29. The van der Waals surface area contributed by atoms with Crippen molar-refractivity contribution in [2.75, 3.05) is 6.61 Å². The molecule has 1 unspecified atom stereocenters. The van der Waals surface area contributed by atoms with E-state index in [2.05, 4.69) is 0 Å². The van der Waals surface area contributed by atoms with Gasteiger partial charge in [0.25, 0.3) is 0 Å². The van der Waals surface area contributed by atoms with Crippen molar-refractivity contribution >= 4 is 5.97 Å². The molecule has 0 spiro atoms. The first-order valence-electron chi connectivity index (χ1n) is 4.78. The molecular formula is C11H11FO3. The highest BCUT2D eigenvalue weighted by atomic mass is 19.1. The van der Waals surface area contributed by atoms with Crippen LogP contribution >= 0.6 is 0 Å². The topological polar surface area (TPSA) is 46.5 Å². The summed E-state index contributed by atoms with van der Waals surface area (Å²) in [6.45, 7) is 1.98. The number of carboxylic acid groups (broad SMARTS) is 1. The zero-order chi connectivity index (χ0) is 11.0. The smallest absolute Gasteiger partial charge is 0.310 e. The Labute approximate surface area is 86.5 Å². The SMILES string of the molecule is CC(C(=O)O)c1c(F)ccc2c1CCO2. The molecule has 1 heterocycles. The van der Waals surface area contributed by atoms with Gasteiger partial charge in [-0.2, -0.15) is 0 Å². The van der Waals surface area contributed by atoms with Gasteiger partial charge in [0.15, 0.2) is 0 Å². The minimum atomic E-state index is -1.02. The molecule has 3 nitrogen and oxygen atoms in total. The molecule has 1 aromatic rings. The first-order valence-corrected chi connectivity index (χ1v) is 4.78. The van der Waals surface area contributed by atoms with E-state index in [1.54, 1.807) is 6.07 Å². The lowest BCUT2D eigenvalue weighted by atomic mass is 9.94. The lowest BCUT2D eigenvalue weighted by Gasteiger charge is -2.12. The molecular weight excluding hydrogens is 199 g/mol. The normalized spacial score (nSPS) is 15.6. The van der Waals surface area contributed by atoms with E-state index in [-0.39, 0.29) is 5.56 Å². The second-order valence-corrected chi connectivity index (χ2v) is 3.60. The summed E-state index contributed by atoms with van der Waals surface area (Å²) in [5.41, 5.74) is 0.961. The van der Waals surface area contributed by atoms with Crippen molar-refractivity contribution in [3.63, 3.8) is 0 Å². The van der Waals surface area contributed by atoms with Crippen LogP contribution < -0.4 is 4.74 Å². The molecule has 0 amide bonds. The molecule has 1 aliphatic rings. The second-order valence-electron chi connectivity index (χ2n) is 3.60. The van der Waals surface area contributed by atoms with E-state index in [0.717, 1.165) is 0 Å². The number of carboxylic acids is 1. The summed E-state index contributed by atoms with van der Waals surface area (Å²) in [6, 6.07) is 2.81. The van der Waals surface area contributed by atoms with Gasteiger partial charge in [-0.15, -0.1) is 0 Å². The molecule has 0 aromatic heterocycles. The second kappa shape index (κ2) is 3.53. The lowest BCUT2D eigenvalue weighted by Crippen LogP contribution is -2.11. The minimum Gasteiger partial charge on any atom is -0.493 e. The fraction of sp³-hybridized carbons (Fsp3) is 0.364. The molecule has 1 aliphatic heterocycles. The van der Waals surface area contributed by atoms with E-state index in [4.69, 9.17) is 9.84 Å². The molecule has 2 rings (SSSR count). The molecule has 1 atom stereocenters. The highest BCUT2D eigenvalue weighted by Gasteiger charge is 2.26. The summed E-state index contributed by atoms with van der Waals surface area (Å²) in [4.78, 5) is 10.8. The molecule has 80 valence electrons. The van der Waals surface area contributed by atoms with Crippen LogP contribution in [0.1, 0.15) is 24.0 Å². The van der Waals surface area contributed by atoms with Gasteiger partial charge in [0.2, 0.25) is 0 Å². The Hall–Kier alpha value is -1.58. The molecule has 0 radical (unpaired) electrons. The Morgan fingerprint density at radius 2 is 2.33 bits per heavy atom. The molecule has 4 heteroatoms. The van der Waals surface area contributed by atoms with Crippen LogP contribution in [0.2, 0.25) is 0 Å². The van der Waals surface area contributed by atoms with Gasteiger partial charge < -0.3 is 9.84 Å². The van der Waals surface area contributed by atoms with Crippen LogP contribution in [0.3, 0.4) is 0 Å². The number of fused-ring (bicyclic) bond motifs is 1. The average molecular weight is 210 g/mol. The van der Waals surface area contributed by atoms with Gasteiger partial charge in [-0.05, 0) is 19.1 Å². The van der Waals surface area contributed by atoms with Crippen molar-refractivity contribution in [2.45, 2.75) is 19.3 Å². The fourth-order valence-electron chi connectivity index (χ4n) is 1.86. The monoisotopic (exact) mass is 210 g/mol. The van der Waals surface area contributed by atoms with Crippen molar-refractivity contribution in [3.05, 3.63) is 29.1 Å². The van der Waals surface area contributed by atoms with Crippen LogP contribution in [0.25, 0.3) is 0 Å². The molecule has 0 saturated carbocycles. The largest absolute Gasteiger partial charge is 0.493 e. The first-order chi connectivity index (χ1) is 7.11. The van der Waals surface area contributed by atoms with Crippen molar-refractivity contribution in [2.24, 2.45) is 0 Å². The molecule has 15 heavy (non-hydrogen) atoms. The van der Waals surface area contributed by atoms with E-state index < -0.39 is 17.7 Å². The highest BCUT2D eigenvalue weighted by Crippen LogP contribution is 2.34. The summed E-state index contributed by atoms with van der Waals surface area (Å²) in [5.74, 6) is -1.70. The Morgan fingerprint density at radius 3 is 3.00 bits per heavy atom. The van der Waals surface area contributed by atoms with E-state index in [9.17, 15) is 9.18 Å². The molecule has 0 fully saturated rings. The van der Waals surface area contributed by atoms with Crippen molar-refractivity contribution < 1.29 is 19.0 Å². The van der Waals surface area contributed by atoms with Gasteiger partial charge in [0.05, 0.1) is 12.5 Å². The number of benzene rings is 1. The molecule has 0 saturated heterocycles. The quantitative estimate of drug-likeness (QED) is 0.811. The van der Waals surface area contributed by atoms with Crippen LogP contribution in [0, 0.1) is 5.82 Å². The number of aliphatic carboxylic acids is 1. The van der Waals surface area contributed by atoms with E-state index in [1.165, 1.54) is 13.0 Å². The molecule has 1 N–H and O–H groups in total. The maximum Gasteiger partial charge on any atom is 0.310 e. The Balaban J connectivity index is 2.54. The summed E-state index contributed by atoms with van der Waals surface area (Å²) < 4.78 is 18.8. The zero-order valence-corrected chi connectivity index (χ0v) is 8.29. The predicted octanol–water partition coefficient (Wildman–Crippen LogP) is 1.95. The molecule has 0 bridgehead atoms. The Morgan fingerprint density at radius 1 is 1.60 bits per heavy atom. The van der Waals surface area contributed by atoms with Gasteiger partial charge in [-0.3, -0.25) is 4.79 Å². The maximum absolute atomic E-state index is 13.5. The van der Waals surface area contributed by atoms with Crippen LogP contribution in [0.4, 0.5) is 4.39 Å². The predicted molar refractivity (Wildman–Crippen MR) is 51.6 cm³/mol. The van der Waals surface area contributed by atoms with Crippen LogP contribution in [-0.2, 0) is 11.2 Å². The van der Waals surface area contributed by atoms with Gasteiger partial charge in [0, 0.05) is 17.5 Å². The fourth-order valence-corrected chi connectivity index (χ4v) is 1.86. The van der Waals surface area contributed by atoms with Crippen molar-refractivity contribution in [3.8, 4) is 5.75 Å². The number of ether oxygens (including phenoxy) is 1. The number of carbonyl (C=O) groups is 1. The van der Waals surface area contributed by atoms with Crippen molar-refractivity contribution in [1.82, 2.24) is 0 Å². The van der Waals surface area contributed by atoms with E-state index >= 15 is 0 Å². The number of rotatable bonds is 2. The van der Waals surface area contributed by atoms with Gasteiger partial charge >= 0.3 is 5.97 Å². The molecule has 0 aliphatic carbocycles. The van der Waals surface area contributed by atoms with Gasteiger partial charge in [0.1, 0.15) is 11.6 Å². The van der Waals surface area contributed by atoms with Crippen LogP contribution in [0.5, 0.6) is 5.75 Å². The summed E-state index contributed by atoms with van der Waals surface area (Å²) in [6.07, 6.45) is 0.583. The Kier molecular flexibility index (Phi) is 2.34. The number of halogens is 1. The third-order valence-corrected chi connectivity index (χ3v) is 2.67. The third-order valence-electron chi connectivity index (χ3n) is 2.67. The Bertz CT molecular complexity index is 415. The van der Waals surface area contributed by atoms with E-state index in [0.29, 0.717) is 24.3 Å². The minimum absolute atomic E-state index is 0.262. The third kappa shape index (κ3) is 1.56. The van der Waals surface area contributed by atoms with Gasteiger partial charge in [-0.25, -0.2) is 4.39 Å². The van der Waals surface area contributed by atoms with Gasteiger partial charge in [-0.1, -0.05) is 0 Å². The number of hydrogen-bond acceptors (Lipinski definition) is 2. The maximum atomic E-state index is 13.5. The lowest BCUT2D eigenvalue weighted by molar-refractivity contribution is -0.138.